The van der Waals surface area contributed by atoms with Gasteiger partial charge in [0.1, 0.15) is 5.75 Å². The van der Waals surface area contributed by atoms with Gasteiger partial charge in [-0.15, -0.1) is 0 Å². The number of hydrogen-bond donors (Lipinski definition) is 2. The summed E-state index contributed by atoms with van der Waals surface area (Å²) < 4.78 is 7.29. The molecule has 0 spiro atoms. The summed E-state index contributed by atoms with van der Waals surface area (Å²) >= 11 is 0. The smallest absolute Gasteiger partial charge is 0.119 e. The van der Waals surface area contributed by atoms with Crippen molar-refractivity contribution in [2.75, 3.05) is 11.9 Å². The van der Waals surface area contributed by atoms with Gasteiger partial charge < -0.3 is 15.2 Å². The molecule has 2 rings (SSSR count). The summed E-state index contributed by atoms with van der Waals surface area (Å²) in [4.78, 5) is 0. The van der Waals surface area contributed by atoms with Crippen molar-refractivity contribution in [3.63, 3.8) is 0 Å². The molecule has 0 bridgehead atoms. The van der Waals surface area contributed by atoms with Crippen molar-refractivity contribution in [1.29, 1.82) is 0 Å². The van der Waals surface area contributed by atoms with Gasteiger partial charge in [-0.05, 0) is 44.2 Å². The third kappa shape index (κ3) is 4.59. The van der Waals surface area contributed by atoms with Gasteiger partial charge in [0.2, 0.25) is 0 Å². The molecule has 0 aliphatic carbocycles. The molecule has 1 aromatic carbocycles. The molecule has 0 saturated heterocycles. The number of nitrogens with one attached hydrogen (secondary N) is 1. The Morgan fingerprint density at radius 3 is 2.65 bits per heavy atom. The number of hydrogen-bond acceptors (Lipinski definition) is 4. The van der Waals surface area contributed by atoms with Crippen LogP contribution in [0.15, 0.2) is 42.7 Å². The number of benzene rings is 1. The van der Waals surface area contributed by atoms with Crippen LogP contribution in [0.4, 0.5) is 5.69 Å². The second kappa shape index (κ2) is 6.96. The molecule has 0 aliphatic rings. The van der Waals surface area contributed by atoms with Gasteiger partial charge in [0, 0.05) is 24.6 Å². The summed E-state index contributed by atoms with van der Waals surface area (Å²) in [5.41, 5.74) is 0.959. The first-order valence-electron chi connectivity index (χ1n) is 6.79. The number of nitrogens with zero attached hydrogens (tertiary/aromatic N) is 2. The molecule has 0 amide bonds. The Labute approximate surface area is 119 Å². The summed E-state index contributed by atoms with van der Waals surface area (Å²) in [6, 6.07) is 9.56. The van der Waals surface area contributed by atoms with Gasteiger partial charge in [-0.3, -0.25) is 4.68 Å². The SMILES string of the molecule is CC(C)Oc1ccc(NCC(O)Cn2cccn2)cc1. The van der Waals surface area contributed by atoms with Gasteiger partial charge in [-0.2, -0.15) is 5.10 Å². The summed E-state index contributed by atoms with van der Waals surface area (Å²) in [7, 11) is 0. The van der Waals surface area contributed by atoms with Gasteiger partial charge in [0.25, 0.3) is 0 Å². The van der Waals surface area contributed by atoms with E-state index in [-0.39, 0.29) is 6.10 Å². The first-order chi connectivity index (χ1) is 9.63. The monoisotopic (exact) mass is 275 g/mol. The predicted molar refractivity (Wildman–Crippen MR) is 78.9 cm³/mol. The van der Waals surface area contributed by atoms with Crippen LogP contribution in [0.1, 0.15) is 13.8 Å². The third-order valence-electron chi connectivity index (χ3n) is 2.72. The van der Waals surface area contributed by atoms with Crippen LogP contribution in [-0.2, 0) is 6.54 Å². The van der Waals surface area contributed by atoms with Crippen molar-refractivity contribution in [3.05, 3.63) is 42.7 Å². The molecule has 2 aromatic rings. The maximum atomic E-state index is 9.91. The Morgan fingerprint density at radius 2 is 2.05 bits per heavy atom. The molecular formula is C15H21N3O2. The minimum Gasteiger partial charge on any atom is -0.491 e. The minimum absolute atomic E-state index is 0.171. The summed E-state index contributed by atoms with van der Waals surface area (Å²) in [5, 5.41) is 17.2. The Kier molecular flexibility index (Phi) is 5.01. The molecule has 1 heterocycles. The lowest BCUT2D eigenvalue weighted by Crippen LogP contribution is -2.25. The van der Waals surface area contributed by atoms with Gasteiger partial charge in [0.05, 0.1) is 18.8 Å². The molecule has 2 N–H and O–H groups in total. The predicted octanol–water partition coefficient (Wildman–Crippen LogP) is 2.14. The van der Waals surface area contributed by atoms with E-state index in [1.165, 1.54) is 0 Å². The molecule has 20 heavy (non-hydrogen) atoms. The zero-order valence-electron chi connectivity index (χ0n) is 11.9. The van der Waals surface area contributed by atoms with E-state index < -0.39 is 6.10 Å². The van der Waals surface area contributed by atoms with Crippen molar-refractivity contribution < 1.29 is 9.84 Å². The van der Waals surface area contributed by atoms with Gasteiger partial charge >= 0.3 is 0 Å². The quantitative estimate of drug-likeness (QED) is 0.813. The van der Waals surface area contributed by atoms with E-state index in [2.05, 4.69) is 10.4 Å². The Balaban J connectivity index is 1.78. The van der Waals surface area contributed by atoms with Crippen LogP contribution in [0.25, 0.3) is 0 Å². The average Bonchev–Trinajstić information content (AvgIpc) is 2.90. The number of aromatic nitrogens is 2. The molecule has 0 aliphatic heterocycles. The highest BCUT2D eigenvalue weighted by Crippen LogP contribution is 2.16. The molecular weight excluding hydrogens is 254 g/mol. The molecule has 0 fully saturated rings. The maximum absolute atomic E-state index is 9.91. The fourth-order valence-electron chi connectivity index (χ4n) is 1.85. The highest BCUT2D eigenvalue weighted by Gasteiger charge is 2.05. The van der Waals surface area contributed by atoms with Gasteiger partial charge in [0.15, 0.2) is 0 Å². The molecule has 1 aromatic heterocycles. The Hall–Kier alpha value is -2.01. The lowest BCUT2D eigenvalue weighted by atomic mass is 10.2. The normalized spacial score (nSPS) is 12.4. The highest BCUT2D eigenvalue weighted by atomic mass is 16.5. The van der Waals surface area contributed by atoms with Crippen LogP contribution >= 0.6 is 0 Å². The van der Waals surface area contributed by atoms with E-state index in [4.69, 9.17) is 4.74 Å². The Bertz CT molecular complexity index is 494. The number of aliphatic hydroxyl groups is 1. The summed E-state index contributed by atoms with van der Waals surface area (Å²) in [6.07, 6.45) is 3.22. The second-order valence-corrected chi connectivity index (χ2v) is 4.95. The van der Waals surface area contributed by atoms with E-state index in [0.29, 0.717) is 13.1 Å². The van der Waals surface area contributed by atoms with E-state index in [9.17, 15) is 5.11 Å². The van der Waals surface area contributed by atoms with Crippen molar-refractivity contribution in [3.8, 4) is 5.75 Å². The van der Waals surface area contributed by atoms with Crippen molar-refractivity contribution in [2.24, 2.45) is 0 Å². The largest absolute Gasteiger partial charge is 0.491 e. The van der Waals surface area contributed by atoms with E-state index in [0.717, 1.165) is 11.4 Å². The first-order valence-corrected chi connectivity index (χ1v) is 6.79. The second-order valence-electron chi connectivity index (χ2n) is 4.95. The highest BCUT2D eigenvalue weighted by molar-refractivity contribution is 5.46. The summed E-state index contributed by atoms with van der Waals surface area (Å²) in [6.45, 7) is 4.95. The fourth-order valence-corrected chi connectivity index (χ4v) is 1.85. The molecule has 108 valence electrons. The standard InChI is InChI=1S/C15H21N3O2/c1-12(2)20-15-6-4-13(5-7-15)16-10-14(19)11-18-9-3-8-17-18/h3-9,12,14,16,19H,10-11H2,1-2H3. The van der Waals surface area contributed by atoms with Crippen LogP contribution in [0.3, 0.4) is 0 Å². The van der Waals surface area contributed by atoms with Crippen molar-refractivity contribution >= 4 is 5.69 Å². The average molecular weight is 275 g/mol. The molecule has 0 saturated carbocycles. The van der Waals surface area contributed by atoms with E-state index in [1.54, 1.807) is 10.9 Å². The number of aliphatic hydroxyl groups excluding tert-OH is 1. The minimum atomic E-state index is -0.485. The topological polar surface area (TPSA) is 59.3 Å². The number of rotatable bonds is 7. The van der Waals surface area contributed by atoms with Gasteiger partial charge in [-0.1, -0.05) is 0 Å². The van der Waals surface area contributed by atoms with Crippen LogP contribution < -0.4 is 10.1 Å². The van der Waals surface area contributed by atoms with E-state index in [1.807, 2.05) is 50.4 Å². The lowest BCUT2D eigenvalue weighted by Gasteiger charge is -2.14. The zero-order chi connectivity index (χ0) is 14.4. The molecule has 5 heteroatoms. The molecule has 0 radical (unpaired) electrons. The van der Waals surface area contributed by atoms with Gasteiger partial charge in [-0.25, -0.2) is 0 Å². The fraction of sp³-hybridized carbons (Fsp3) is 0.400. The van der Waals surface area contributed by atoms with Crippen LogP contribution in [0, 0.1) is 0 Å². The van der Waals surface area contributed by atoms with Crippen LogP contribution in [-0.4, -0.2) is 33.6 Å². The maximum Gasteiger partial charge on any atom is 0.119 e. The van der Waals surface area contributed by atoms with Crippen LogP contribution in [0.2, 0.25) is 0 Å². The van der Waals surface area contributed by atoms with Crippen molar-refractivity contribution in [2.45, 2.75) is 32.6 Å². The molecule has 5 nitrogen and oxygen atoms in total. The third-order valence-corrected chi connectivity index (χ3v) is 2.72. The van der Waals surface area contributed by atoms with Crippen molar-refractivity contribution in [1.82, 2.24) is 9.78 Å². The molecule has 1 atom stereocenters. The van der Waals surface area contributed by atoms with E-state index >= 15 is 0 Å². The first kappa shape index (κ1) is 14.4. The lowest BCUT2D eigenvalue weighted by molar-refractivity contribution is 0.161. The molecule has 1 unspecified atom stereocenters. The zero-order valence-corrected chi connectivity index (χ0v) is 11.9. The summed E-state index contributed by atoms with van der Waals surface area (Å²) in [5.74, 6) is 0.850. The number of ether oxygens (including phenoxy) is 1. The van der Waals surface area contributed by atoms with Crippen LogP contribution in [0.5, 0.6) is 5.75 Å². The number of anilines is 1. The Morgan fingerprint density at radius 1 is 1.30 bits per heavy atom.